The van der Waals surface area contributed by atoms with Gasteiger partial charge in [-0.3, -0.25) is 9.59 Å². The van der Waals surface area contributed by atoms with E-state index in [2.05, 4.69) is 0 Å². The van der Waals surface area contributed by atoms with Gasteiger partial charge < -0.3 is 9.47 Å². The van der Waals surface area contributed by atoms with Gasteiger partial charge in [0.25, 0.3) is 0 Å². The van der Waals surface area contributed by atoms with E-state index < -0.39 is 0 Å². The van der Waals surface area contributed by atoms with Crippen molar-refractivity contribution < 1.29 is 19.1 Å². The molecule has 0 aliphatic heterocycles. The van der Waals surface area contributed by atoms with E-state index in [1.54, 1.807) is 0 Å². The molecular formula is C21H31ClO4. The van der Waals surface area contributed by atoms with Crippen LogP contribution in [0.1, 0.15) is 63.4 Å². The maximum atomic E-state index is 11.6. The van der Waals surface area contributed by atoms with E-state index in [4.69, 9.17) is 21.1 Å². The van der Waals surface area contributed by atoms with Crippen molar-refractivity contribution in [3.05, 3.63) is 35.9 Å². The van der Waals surface area contributed by atoms with Crippen LogP contribution in [-0.4, -0.2) is 31.0 Å². The van der Waals surface area contributed by atoms with Crippen molar-refractivity contribution in [3.8, 4) is 0 Å². The minimum atomic E-state index is -0.259. The summed E-state index contributed by atoms with van der Waals surface area (Å²) in [6.07, 6.45) is 8.26. The van der Waals surface area contributed by atoms with Gasteiger partial charge in [-0.15, -0.1) is 11.6 Å². The van der Waals surface area contributed by atoms with E-state index in [1.807, 2.05) is 30.3 Å². The van der Waals surface area contributed by atoms with Gasteiger partial charge in [-0.25, -0.2) is 0 Å². The maximum Gasteiger partial charge on any atom is 0.305 e. The molecule has 0 unspecified atom stereocenters. The number of benzene rings is 1. The molecule has 0 saturated heterocycles. The number of hydrogen-bond acceptors (Lipinski definition) is 4. The van der Waals surface area contributed by atoms with E-state index in [9.17, 15) is 9.59 Å². The number of hydrogen-bond donors (Lipinski definition) is 0. The number of alkyl halides is 1. The zero-order chi connectivity index (χ0) is 18.9. The van der Waals surface area contributed by atoms with Crippen LogP contribution >= 0.6 is 11.6 Å². The number of unbranched alkanes of at least 4 members (excludes halogenated alkanes) is 5. The number of carbonyl (C=O) groups is 2. The molecule has 1 rings (SSSR count). The molecule has 4 nitrogen and oxygen atoms in total. The number of halogens is 1. The van der Waals surface area contributed by atoms with E-state index in [-0.39, 0.29) is 24.8 Å². The van der Waals surface area contributed by atoms with Crippen molar-refractivity contribution in [2.75, 3.05) is 19.1 Å². The molecule has 5 heteroatoms. The Labute approximate surface area is 162 Å². The van der Waals surface area contributed by atoms with Gasteiger partial charge >= 0.3 is 11.9 Å². The van der Waals surface area contributed by atoms with Crippen LogP contribution in [0.15, 0.2) is 30.3 Å². The zero-order valence-electron chi connectivity index (χ0n) is 15.6. The summed E-state index contributed by atoms with van der Waals surface area (Å²) in [5.74, 6) is 0.243. The molecule has 0 aliphatic rings. The predicted octanol–water partition coefficient (Wildman–Crippen LogP) is 5.07. The average molecular weight is 383 g/mol. The van der Waals surface area contributed by atoms with Gasteiger partial charge in [0.2, 0.25) is 0 Å². The summed E-state index contributed by atoms with van der Waals surface area (Å²) in [4.78, 5) is 23.2. The Kier molecular flexibility index (Phi) is 13.6. The second-order valence-corrected chi connectivity index (χ2v) is 6.72. The van der Waals surface area contributed by atoms with Crippen LogP contribution in [0.25, 0.3) is 0 Å². The molecule has 1 aromatic rings. The van der Waals surface area contributed by atoms with Crippen LogP contribution < -0.4 is 0 Å². The van der Waals surface area contributed by atoms with E-state index in [0.717, 1.165) is 37.1 Å². The van der Waals surface area contributed by atoms with Crippen molar-refractivity contribution >= 4 is 23.5 Å². The fourth-order valence-electron chi connectivity index (χ4n) is 2.54. The predicted molar refractivity (Wildman–Crippen MR) is 104 cm³/mol. The number of ether oxygens (including phenoxy) is 2. The lowest BCUT2D eigenvalue weighted by Crippen LogP contribution is -2.10. The van der Waals surface area contributed by atoms with Crippen molar-refractivity contribution in [2.24, 2.45) is 0 Å². The van der Waals surface area contributed by atoms with Crippen molar-refractivity contribution in [1.82, 2.24) is 0 Å². The molecule has 0 amide bonds. The first kappa shape index (κ1) is 22.5. The number of rotatable bonds is 15. The molecule has 0 fully saturated rings. The van der Waals surface area contributed by atoms with Crippen LogP contribution in [0.3, 0.4) is 0 Å². The van der Waals surface area contributed by atoms with Crippen LogP contribution in [-0.2, 0) is 25.5 Å². The minimum Gasteiger partial charge on any atom is -0.466 e. The highest BCUT2D eigenvalue weighted by Crippen LogP contribution is 2.07. The third-order valence-corrected chi connectivity index (χ3v) is 4.32. The second kappa shape index (κ2) is 15.7. The van der Waals surface area contributed by atoms with Crippen molar-refractivity contribution in [3.63, 3.8) is 0 Å². The van der Waals surface area contributed by atoms with Gasteiger partial charge in [0.1, 0.15) is 0 Å². The Morgan fingerprint density at radius 3 is 1.96 bits per heavy atom. The quantitative estimate of drug-likeness (QED) is 0.241. The molecule has 0 aliphatic carbocycles. The summed E-state index contributed by atoms with van der Waals surface area (Å²) in [6, 6.07) is 9.89. The molecule has 0 radical (unpaired) electrons. The second-order valence-electron chi connectivity index (χ2n) is 6.34. The molecule has 146 valence electrons. The first-order chi connectivity index (χ1) is 12.7. The highest BCUT2D eigenvalue weighted by atomic mass is 35.5. The zero-order valence-corrected chi connectivity index (χ0v) is 16.3. The molecule has 0 bridgehead atoms. The number of esters is 2. The Hall–Kier alpha value is -1.55. The number of carbonyl (C=O) groups excluding carboxylic acids is 2. The van der Waals surface area contributed by atoms with Gasteiger partial charge in [-0.1, -0.05) is 56.0 Å². The van der Waals surface area contributed by atoms with E-state index in [1.165, 1.54) is 12.8 Å². The van der Waals surface area contributed by atoms with Crippen LogP contribution in [0.4, 0.5) is 0 Å². The normalized spacial score (nSPS) is 10.5. The Morgan fingerprint density at radius 2 is 1.31 bits per heavy atom. The third-order valence-electron chi connectivity index (χ3n) is 4.05. The third kappa shape index (κ3) is 12.8. The Morgan fingerprint density at radius 1 is 0.731 bits per heavy atom. The van der Waals surface area contributed by atoms with Gasteiger partial charge in [0.15, 0.2) is 0 Å². The highest BCUT2D eigenvalue weighted by Gasteiger charge is 2.07. The van der Waals surface area contributed by atoms with Crippen LogP contribution in [0.2, 0.25) is 0 Å². The topological polar surface area (TPSA) is 52.6 Å². The van der Waals surface area contributed by atoms with E-state index >= 15 is 0 Å². The average Bonchev–Trinajstić information content (AvgIpc) is 2.65. The molecule has 0 saturated carbocycles. The van der Waals surface area contributed by atoms with Crippen molar-refractivity contribution in [2.45, 2.75) is 64.2 Å². The molecule has 0 N–H and O–H groups in total. The lowest BCUT2D eigenvalue weighted by Gasteiger charge is -2.06. The molecule has 0 heterocycles. The smallest absolute Gasteiger partial charge is 0.305 e. The fraction of sp³-hybridized carbons (Fsp3) is 0.619. The summed E-state index contributed by atoms with van der Waals surface area (Å²) in [7, 11) is 0. The first-order valence-corrected chi connectivity index (χ1v) is 10.2. The molecule has 1 aromatic carbocycles. The Balaban J connectivity index is 1.91. The van der Waals surface area contributed by atoms with Gasteiger partial charge in [-0.2, -0.15) is 0 Å². The largest absolute Gasteiger partial charge is 0.466 e. The summed E-state index contributed by atoms with van der Waals surface area (Å²) in [5.41, 5.74) is 1.14. The lowest BCUT2D eigenvalue weighted by molar-refractivity contribution is -0.145. The first-order valence-electron chi connectivity index (χ1n) is 9.63. The summed E-state index contributed by atoms with van der Waals surface area (Å²) in [6.45, 7) is 0.841. The molecular weight excluding hydrogens is 352 g/mol. The van der Waals surface area contributed by atoms with Gasteiger partial charge in [0, 0.05) is 25.1 Å². The molecule has 26 heavy (non-hydrogen) atoms. The molecule has 0 atom stereocenters. The molecule has 0 spiro atoms. The lowest BCUT2D eigenvalue weighted by atomic mass is 10.1. The van der Waals surface area contributed by atoms with E-state index in [0.29, 0.717) is 26.1 Å². The summed E-state index contributed by atoms with van der Waals surface area (Å²) < 4.78 is 10.4. The SMILES string of the molecule is O=C(CCCC(=O)OCCc1ccccc1)OCCCCCCCCCl. The van der Waals surface area contributed by atoms with Crippen molar-refractivity contribution in [1.29, 1.82) is 0 Å². The van der Waals surface area contributed by atoms with Crippen LogP contribution in [0, 0.1) is 0 Å². The van der Waals surface area contributed by atoms with Gasteiger partial charge in [-0.05, 0) is 24.8 Å². The highest BCUT2D eigenvalue weighted by molar-refractivity contribution is 6.17. The monoisotopic (exact) mass is 382 g/mol. The minimum absolute atomic E-state index is 0.232. The summed E-state index contributed by atoms with van der Waals surface area (Å²) in [5, 5.41) is 0. The maximum absolute atomic E-state index is 11.6. The standard InChI is InChI=1S/C21H31ClO4/c22-16-8-3-1-2-4-9-17-25-20(23)13-10-14-21(24)26-18-15-19-11-6-5-7-12-19/h5-7,11-12H,1-4,8-10,13-18H2. The fourth-order valence-corrected chi connectivity index (χ4v) is 2.73. The Bertz CT molecular complexity index is 490. The van der Waals surface area contributed by atoms with Crippen LogP contribution in [0.5, 0.6) is 0 Å². The molecule has 0 aromatic heterocycles. The van der Waals surface area contributed by atoms with Gasteiger partial charge in [0.05, 0.1) is 13.2 Å². The summed E-state index contributed by atoms with van der Waals surface area (Å²) >= 11 is 5.62.